The second kappa shape index (κ2) is 4.91. The van der Waals surface area contributed by atoms with Gasteiger partial charge in [0.05, 0.1) is 0 Å². The van der Waals surface area contributed by atoms with Gasteiger partial charge < -0.3 is 0 Å². The summed E-state index contributed by atoms with van der Waals surface area (Å²) < 4.78 is 0. The molecule has 0 spiro atoms. The molecule has 0 heterocycles. The van der Waals surface area contributed by atoms with Crippen LogP contribution in [0.2, 0.25) is 0 Å². The Morgan fingerprint density at radius 3 is 2.53 bits per heavy atom. The van der Waals surface area contributed by atoms with Crippen molar-refractivity contribution in [2.75, 3.05) is 0 Å². The minimum atomic E-state index is 1.16. The van der Waals surface area contributed by atoms with Crippen molar-refractivity contribution in [3.63, 3.8) is 0 Å². The van der Waals surface area contributed by atoms with Gasteiger partial charge in [0.2, 0.25) is 0 Å². The van der Waals surface area contributed by atoms with E-state index in [9.17, 15) is 0 Å². The van der Waals surface area contributed by atoms with Gasteiger partial charge in [-0.25, -0.2) is 0 Å². The topological polar surface area (TPSA) is 0 Å². The molecular weight excluding hydrogens is 204 g/mol. The van der Waals surface area contributed by atoms with Gasteiger partial charge in [-0.05, 0) is 55.4 Å². The predicted molar refractivity (Wildman–Crippen MR) is 76.1 cm³/mol. The molecule has 0 saturated heterocycles. The first kappa shape index (κ1) is 12.2. The standard InChI is InChI=1S/C15H16.C2H6/c1-10-3-5-14-12(7-10)9-13-8-11(2)4-6-15(13)14;1-2/h3,5,7-8H,4,6,9H2,1-2H3;1-2H3. The Hall–Kier alpha value is -1.30. The molecule has 3 rings (SSSR count). The minimum absolute atomic E-state index is 1.16. The Morgan fingerprint density at radius 1 is 1.00 bits per heavy atom. The normalized spacial score (nSPS) is 16.8. The number of aryl methyl sites for hydroxylation is 1. The van der Waals surface area contributed by atoms with E-state index >= 15 is 0 Å². The van der Waals surface area contributed by atoms with Crippen LogP contribution in [0.1, 0.15) is 50.3 Å². The van der Waals surface area contributed by atoms with E-state index in [4.69, 9.17) is 0 Å². The Morgan fingerprint density at radius 2 is 1.76 bits per heavy atom. The lowest BCUT2D eigenvalue weighted by Gasteiger charge is -2.12. The minimum Gasteiger partial charge on any atom is -0.0727 e. The Kier molecular flexibility index (Phi) is 3.51. The van der Waals surface area contributed by atoms with Crippen LogP contribution in [-0.4, -0.2) is 0 Å². The molecule has 17 heavy (non-hydrogen) atoms. The van der Waals surface area contributed by atoms with E-state index in [1.165, 1.54) is 29.5 Å². The fourth-order valence-electron chi connectivity index (χ4n) is 2.77. The molecule has 0 nitrogen and oxygen atoms in total. The number of benzene rings is 1. The second-order valence-corrected chi connectivity index (χ2v) is 4.83. The number of hydrogen-bond donors (Lipinski definition) is 0. The molecule has 1 aromatic carbocycles. The van der Waals surface area contributed by atoms with Crippen molar-refractivity contribution in [3.8, 4) is 0 Å². The van der Waals surface area contributed by atoms with Crippen LogP contribution < -0.4 is 0 Å². The summed E-state index contributed by atoms with van der Waals surface area (Å²) in [5.74, 6) is 0. The van der Waals surface area contributed by atoms with Gasteiger partial charge in [-0.3, -0.25) is 0 Å². The molecule has 0 aromatic heterocycles. The van der Waals surface area contributed by atoms with Crippen molar-refractivity contribution in [1.29, 1.82) is 0 Å². The maximum absolute atomic E-state index is 2.40. The van der Waals surface area contributed by atoms with Gasteiger partial charge in [0.1, 0.15) is 0 Å². The van der Waals surface area contributed by atoms with Crippen LogP contribution in [-0.2, 0) is 6.42 Å². The lowest BCUT2D eigenvalue weighted by molar-refractivity contribution is 0.965. The highest BCUT2D eigenvalue weighted by Crippen LogP contribution is 2.40. The van der Waals surface area contributed by atoms with Crippen LogP contribution >= 0.6 is 0 Å². The fraction of sp³-hybridized carbons (Fsp3) is 0.412. The third-order valence-corrected chi connectivity index (χ3v) is 3.54. The first-order valence-corrected chi connectivity index (χ1v) is 6.73. The van der Waals surface area contributed by atoms with E-state index < -0.39 is 0 Å². The SMILES string of the molecule is CC.CC1=CC2=C(CC1)c1ccc(C)cc1C2. The molecular formula is C17H22. The van der Waals surface area contributed by atoms with E-state index in [1.54, 1.807) is 16.7 Å². The number of allylic oxidation sites excluding steroid dienone is 4. The fourth-order valence-corrected chi connectivity index (χ4v) is 2.77. The maximum atomic E-state index is 2.40. The van der Waals surface area contributed by atoms with Crippen LogP contribution in [0.25, 0.3) is 5.57 Å². The van der Waals surface area contributed by atoms with E-state index in [1.807, 2.05) is 13.8 Å². The molecule has 0 saturated carbocycles. The highest BCUT2D eigenvalue weighted by atomic mass is 14.3. The summed E-state index contributed by atoms with van der Waals surface area (Å²) in [5.41, 5.74) is 9.15. The summed E-state index contributed by atoms with van der Waals surface area (Å²) in [7, 11) is 0. The monoisotopic (exact) mass is 226 g/mol. The van der Waals surface area contributed by atoms with Gasteiger partial charge in [0.15, 0.2) is 0 Å². The zero-order valence-electron chi connectivity index (χ0n) is 11.4. The summed E-state index contributed by atoms with van der Waals surface area (Å²) >= 11 is 0. The molecule has 0 unspecified atom stereocenters. The Bertz CT molecular complexity index is 487. The number of fused-ring (bicyclic) bond motifs is 2. The summed E-state index contributed by atoms with van der Waals surface area (Å²) in [4.78, 5) is 0. The molecule has 0 aliphatic heterocycles. The highest BCUT2D eigenvalue weighted by Gasteiger charge is 2.22. The number of rotatable bonds is 0. The van der Waals surface area contributed by atoms with Crippen LogP contribution in [0.3, 0.4) is 0 Å². The van der Waals surface area contributed by atoms with Gasteiger partial charge in [-0.1, -0.05) is 49.3 Å². The zero-order chi connectivity index (χ0) is 12.4. The van der Waals surface area contributed by atoms with Crippen LogP contribution in [0.15, 0.2) is 35.4 Å². The van der Waals surface area contributed by atoms with Crippen LogP contribution in [0, 0.1) is 6.92 Å². The lowest BCUT2D eigenvalue weighted by atomic mass is 9.93. The summed E-state index contributed by atoms with van der Waals surface area (Å²) in [6.07, 6.45) is 6.04. The van der Waals surface area contributed by atoms with Crippen molar-refractivity contribution < 1.29 is 0 Å². The average molecular weight is 226 g/mol. The summed E-state index contributed by atoms with van der Waals surface area (Å²) in [5, 5.41) is 0. The van der Waals surface area contributed by atoms with Crippen LogP contribution in [0.4, 0.5) is 0 Å². The third kappa shape index (κ3) is 2.22. The molecule has 0 N–H and O–H groups in total. The lowest BCUT2D eigenvalue weighted by Crippen LogP contribution is -1.92. The third-order valence-electron chi connectivity index (χ3n) is 3.54. The van der Waals surface area contributed by atoms with Crippen molar-refractivity contribution in [2.24, 2.45) is 0 Å². The van der Waals surface area contributed by atoms with Crippen molar-refractivity contribution >= 4 is 5.57 Å². The summed E-state index contributed by atoms with van der Waals surface area (Å²) in [6, 6.07) is 6.89. The summed E-state index contributed by atoms with van der Waals surface area (Å²) in [6.45, 7) is 8.43. The first-order chi connectivity index (χ1) is 8.24. The maximum Gasteiger partial charge on any atom is -0.00167 e. The quantitative estimate of drug-likeness (QED) is 0.579. The van der Waals surface area contributed by atoms with Gasteiger partial charge in [-0.2, -0.15) is 0 Å². The largest absolute Gasteiger partial charge is 0.0727 e. The van der Waals surface area contributed by atoms with E-state index in [2.05, 4.69) is 38.1 Å². The predicted octanol–water partition coefficient (Wildman–Crippen LogP) is 5.07. The molecule has 0 amide bonds. The first-order valence-electron chi connectivity index (χ1n) is 6.73. The van der Waals surface area contributed by atoms with Gasteiger partial charge >= 0.3 is 0 Å². The van der Waals surface area contributed by atoms with Gasteiger partial charge in [-0.15, -0.1) is 0 Å². The van der Waals surface area contributed by atoms with E-state index in [-0.39, 0.29) is 0 Å². The molecule has 1 aromatic rings. The molecule has 0 heteroatoms. The molecule has 2 aliphatic rings. The molecule has 0 radical (unpaired) electrons. The molecule has 0 bridgehead atoms. The van der Waals surface area contributed by atoms with Gasteiger partial charge in [0.25, 0.3) is 0 Å². The smallest absolute Gasteiger partial charge is 0.00167 e. The van der Waals surface area contributed by atoms with Crippen molar-refractivity contribution in [3.05, 3.63) is 52.1 Å². The van der Waals surface area contributed by atoms with Crippen LogP contribution in [0.5, 0.6) is 0 Å². The highest BCUT2D eigenvalue weighted by molar-refractivity contribution is 5.80. The Labute approximate surface area is 105 Å². The molecule has 90 valence electrons. The van der Waals surface area contributed by atoms with E-state index in [0.29, 0.717) is 0 Å². The van der Waals surface area contributed by atoms with Crippen molar-refractivity contribution in [2.45, 2.75) is 47.0 Å². The van der Waals surface area contributed by atoms with Gasteiger partial charge in [0, 0.05) is 0 Å². The molecule has 2 aliphatic carbocycles. The van der Waals surface area contributed by atoms with Crippen molar-refractivity contribution in [1.82, 2.24) is 0 Å². The Balaban J connectivity index is 0.000000514. The number of hydrogen-bond acceptors (Lipinski definition) is 0. The average Bonchev–Trinajstić information content (AvgIpc) is 2.67. The zero-order valence-corrected chi connectivity index (χ0v) is 11.4. The molecule has 0 fully saturated rings. The second-order valence-electron chi connectivity index (χ2n) is 4.83. The van der Waals surface area contributed by atoms with E-state index in [0.717, 1.165) is 6.42 Å². The molecule has 0 atom stereocenters.